The lowest BCUT2D eigenvalue weighted by molar-refractivity contribution is 0.653. The summed E-state index contributed by atoms with van der Waals surface area (Å²) >= 11 is 0. The average Bonchev–Trinajstić information content (AvgIpc) is 2.88. The van der Waals surface area contributed by atoms with Gasteiger partial charge in [-0.1, -0.05) is 70.8 Å². The van der Waals surface area contributed by atoms with E-state index in [1.807, 2.05) is 0 Å². The summed E-state index contributed by atoms with van der Waals surface area (Å²) in [5, 5.41) is 3.36. The number of hydrogen-bond acceptors (Lipinski definition) is 3. The van der Waals surface area contributed by atoms with Gasteiger partial charge in [0.25, 0.3) is 0 Å². The van der Waals surface area contributed by atoms with E-state index in [-0.39, 0.29) is 0 Å². The van der Waals surface area contributed by atoms with E-state index in [9.17, 15) is 0 Å². The second kappa shape index (κ2) is 11.6. The number of anilines is 4. The lowest BCUT2D eigenvalue weighted by Crippen LogP contribution is -2.46. The van der Waals surface area contributed by atoms with E-state index in [0.717, 1.165) is 37.6 Å². The van der Waals surface area contributed by atoms with Crippen LogP contribution in [-0.4, -0.2) is 26.2 Å². The minimum absolute atomic E-state index is 1.09. The molecule has 1 saturated heterocycles. The van der Waals surface area contributed by atoms with Crippen LogP contribution in [0.4, 0.5) is 22.7 Å². The Hall–Kier alpha value is -3.72. The topological polar surface area (TPSA) is 18.5 Å². The van der Waals surface area contributed by atoms with Crippen molar-refractivity contribution < 1.29 is 0 Å². The van der Waals surface area contributed by atoms with Gasteiger partial charge < -0.3 is 15.1 Å². The zero-order chi connectivity index (χ0) is 24.6. The first kappa shape index (κ1) is 24.4. The van der Waals surface area contributed by atoms with Crippen molar-refractivity contribution in [1.82, 2.24) is 0 Å². The first-order valence-electron chi connectivity index (χ1n) is 12.5. The van der Waals surface area contributed by atoms with Gasteiger partial charge in [-0.15, -0.1) is 0 Å². The van der Waals surface area contributed by atoms with Crippen molar-refractivity contribution >= 4 is 22.7 Å². The minimum Gasteiger partial charge on any atom is -0.368 e. The van der Waals surface area contributed by atoms with Gasteiger partial charge in [0.2, 0.25) is 0 Å². The molecule has 0 bridgehead atoms. The molecule has 3 nitrogen and oxygen atoms in total. The maximum atomic E-state index is 3.36. The molecule has 0 aromatic heterocycles. The molecule has 0 spiro atoms. The van der Waals surface area contributed by atoms with Crippen molar-refractivity contribution in [2.45, 2.75) is 27.7 Å². The van der Waals surface area contributed by atoms with Gasteiger partial charge in [0, 0.05) is 48.9 Å². The molecule has 0 amide bonds. The van der Waals surface area contributed by atoms with Crippen LogP contribution in [0, 0.1) is 27.7 Å². The van der Waals surface area contributed by atoms with E-state index in [4.69, 9.17) is 0 Å². The third kappa shape index (κ3) is 7.13. The van der Waals surface area contributed by atoms with Crippen molar-refractivity contribution in [2.75, 3.05) is 41.3 Å². The molecule has 1 aliphatic rings. The van der Waals surface area contributed by atoms with Gasteiger partial charge >= 0.3 is 0 Å². The number of nitrogens with zero attached hydrogens (tertiary/aromatic N) is 2. The summed E-state index contributed by atoms with van der Waals surface area (Å²) in [5.74, 6) is 0. The summed E-state index contributed by atoms with van der Waals surface area (Å²) in [5.41, 5.74) is 10.2. The molecule has 180 valence electrons. The smallest absolute Gasteiger partial charge is 0.0384 e. The summed E-state index contributed by atoms with van der Waals surface area (Å²) in [7, 11) is 0. The first-order chi connectivity index (χ1) is 17.0. The Morgan fingerprint density at radius 2 is 0.657 bits per heavy atom. The minimum atomic E-state index is 1.09. The van der Waals surface area contributed by atoms with Gasteiger partial charge in [-0.2, -0.15) is 0 Å². The van der Waals surface area contributed by atoms with Crippen LogP contribution in [0.25, 0.3) is 0 Å². The van der Waals surface area contributed by atoms with Gasteiger partial charge in [0.15, 0.2) is 0 Å². The molecule has 0 saturated carbocycles. The molecule has 1 fully saturated rings. The highest BCUT2D eigenvalue weighted by atomic mass is 15.3. The highest BCUT2D eigenvalue weighted by Crippen LogP contribution is 2.21. The molecule has 1 heterocycles. The van der Waals surface area contributed by atoms with Crippen LogP contribution in [-0.2, 0) is 0 Å². The van der Waals surface area contributed by atoms with Crippen LogP contribution in [0.1, 0.15) is 22.3 Å². The van der Waals surface area contributed by atoms with Gasteiger partial charge in [-0.25, -0.2) is 0 Å². The summed E-state index contributed by atoms with van der Waals surface area (Å²) < 4.78 is 0. The first-order valence-corrected chi connectivity index (χ1v) is 12.5. The molecule has 0 unspecified atom stereocenters. The second-order valence-electron chi connectivity index (χ2n) is 9.50. The Labute approximate surface area is 211 Å². The zero-order valence-corrected chi connectivity index (χ0v) is 21.5. The van der Waals surface area contributed by atoms with Gasteiger partial charge in [0.05, 0.1) is 0 Å². The Bertz CT molecular complexity index is 1070. The van der Waals surface area contributed by atoms with Crippen LogP contribution in [0.2, 0.25) is 0 Å². The number of rotatable bonds is 4. The fraction of sp³-hybridized carbons (Fsp3) is 0.250. The third-order valence-corrected chi connectivity index (χ3v) is 6.47. The maximum absolute atomic E-state index is 3.36. The monoisotopic (exact) mass is 463 g/mol. The average molecular weight is 464 g/mol. The van der Waals surface area contributed by atoms with Crippen LogP contribution >= 0.6 is 0 Å². The van der Waals surface area contributed by atoms with Crippen LogP contribution in [0.15, 0.2) is 97.1 Å². The van der Waals surface area contributed by atoms with Crippen LogP contribution in [0.3, 0.4) is 0 Å². The van der Waals surface area contributed by atoms with E-state index in [1.54, 1.807) is 0 Å². The standard InChI is InChI=1S/C18H22N2.C14H15N/c1-15-3-7-17(8-4-15)19-11-13-20(14-12-19)18-9-5-16(2)6-10-18;1-11-3-7-13(8-4-11)15-14-9-5-12(2)6-10-14/h3-10H,11-14H2,1-2H3;3-10,15H,1-2H3. The number of piperazine rings is 1. The van der Waals surface area contributed by atoms with E-state index >= 15 is 0 Å². The summed E-state index contributed by atoms with van der Waals surface area (Å²) in [6.07, 6.45) is 0. The third-order valence-electron chi connectivity index (χ3n) is 6.47. The molecule has 1 aliphatic heterocycles. The van der Waals surface area contributed by atoms with E-state index in [0.29, 0.717) is 0 Å². The molecule has 3 heteroatoms. The van der Waals surface area contributed by atoms with E-state index in [2.05, 4.69) is 140 Å². The molecule has 0 radical (unpaired) electrons. The normalized spacial score (nSPS) is 13.1. The predicted molar refractivity (Wildman–Crippen MR) is 152 cm³/mol. The van der Waals surface area contributed by atoms with Crippen molar-refractivity contribution in [2.24, 2.45) is 0 Å². The van der Waals surface area contributed by atoms with Crippen molar-refractivity contribution in [3.8, 4) is 0 Å². The maximum Gasteiger partial charge on any atom is 0.0384 e. The molecule has 0 aliphatic carbocycles. The van der Waals surface area contributed by atoms with Crippen LogP contribution in [0.5, 0.6) is 0 Å². The van der Waals surface area contributed by atoms with E-state index in [1.165, 1.54) is 33.6 Å². The van der Waals surface area contributed by atoms with E-state index < -0.39 is 0 Å². The Morgan fingerprint density at radius 1 is 0.400 bits per heavy atom. The fourth-order valence-corrected chi connectivity index (χ4v) is 4.17. The highest BCUT2D eigenvalue weighted by molar-refractivity contribution is 5.60. The fourth-order valence-electron chi connectivity index (χ4n) is 4.17. The second-order valence-corrected chi connectivity index (χ2v) is 9.50. The Morgan fingerprint density at radius 3 is 0.943 bits per heavy atom. The molecule has 35 heavy (non-hydrogen) atoms. The summed E-state index contributed by atoms with van der Waals surface area (Å²) in [4.78, 5) is 4.95. The Balaban J connectivity index is 0.000000172. The largest absolute Gasteiger partial charge is 0.368 e. The van der Waals surface area contributed by atoms with Gasteiger partial charge in [-0.3, -0.25) is 0 Å². The number of nitrogens with one attached hydrogen (secondary N) is 1. The van der Waals surface area contributed by atoms with Crippen molar-refractivity contribution in [3.05, 3.63) is 119 Å². The van der Waals surface area contributed by atoms with Crippen molar-refractivity contribution in [3.63, 3.8) is 0 Å². The number of hydrogen-bond donors (Lipinski definition) is 1. The quantitative estimate of drug-likeness (QED) is 0.335. The molecule has 5 rings (SSSR count). The summed E-state index contributed by atoms with van der Waals surface area (Å²) in [6, 6.07) is 34.5. The lowest BCUT2D eigenvalue weighted by Gasteiger charge is -2.37. The SMILES string of the molecule is Cc1ccc(N2CCN(c3ccc(C)cc3)CC2)cc1.Cc1ccc(Nc2ccc(C)cc2)cc1. The van der Waals surface area contributed by atoms with Crippen LogP contribution < -0.4 is 15.1 Å². The highest BCUT2D eigenvalue weighted by Gasteiger charge is 2.17. The van der Waals surface area contributed by atoms with Gasteiger partial charge in [0.1, 0.15) is 0 Å². The lowest BCUT2D eigenvalue weighted by atomic mass is 10.1. The molecule has 4 aromatic rings. The summed E-state index contributed by atoms with van der Waals surface area (Å²) in [6.45, 7) is 12.8. The molecular formula is C32H37N3. The predicted octanol–water partition coefficient (Wildman–Crippen LogP) is 7.68. The Kier molecular flexibility index (Phi) is 8.10. The van der Waals surface area contributed by atoms with Gasteiger partial charge in [-0.05, 0) is 76.2 Å². The van der Waals surface area contributed by atoms with Crippen molar-refractivity contribution in [1.29, 1.82) is 0 Å². The molecule has 4 aromatic carbocycles. The zero-order valence-electron chi connectivity index (χ0n) is 21.5. The number of aryl methyl sites for hydroxylation is 4. The molecule has 1 N–H and O–H groups in total. The molecule has 0 atom stereocenters. The molecular weight excluding hydrogens is 426 g/mol. The number of benzene rings is 4.